The molecule has 0 saturated heterocycles. The molecule has 0 aliphatic heterocycles. The number of carbonyl (C=O) groups excluding carboxylic acids is 2. The molecular formula is C11H9NO3S. The SMILES string of the molecule is CSNc1cccc2c1C(=O)C(=O)C=C2O. The quantitative estimate of drug-likeness (QED) is 0.606. The molecule has 2 N–H and O–H groups in total. The molecular weight excluding hydrogens is 226 g/mol. The minimum Gasteiger partial charge on any atom is -0.507 e. The first-order valence-corrected chi connectivity index (χ1v) is 5.79. The first-order valence-electron chi connectivity index (χ1n) is 4.57. The zero-order chi connectivity index (χ0) is 11.7. The average Bonchev–Trinajstić information content (AvgIpc) is 2.26. The Morgan fingerprint density at radius 3 is 2.75 bits per heavy atom. The summed E-state index contributed by atoms with van der Waals surface area (Å²) >= 11 is 1.32. The van der Waals surface area contributed by atoms with Gasteiger partial charge in [-0.25, -0.2) is 0 Å². The normalized spacial score (nSPS) is 14.4. The van der Waals surface area contributed by atoms with Crippen molar-refractivity contribution in [3.05, 3.63) is 35.4 Å². The van der Waals surface area contributed by atoms with Crippen LogP contribution < -0.4 is 4.72 Å². The van der Waals surface area contributed by atoms with E-state index in [0.29, 0.717) is 11.3 Å². The summed E-state index contributed by atoms with van der Waals surface area (Å²) in [5, 5.41) is 9.60. The van der Waals surface area contributed by atoms with E-state index in [1.54, 1.807) is 18.2 Å². The van der Waals surface area contributed by atoms with Gasteiger partial charge in [0.2, 0.25) is 11.6 Å². The van der Waals surface area contributed by atoms with Gasteiger partial charge in [-0.2, -0.15) is 0 Å². The zero-order valence-electron chi connectivity index (χ0n) is 8.48. The van der Waals surface area contributed by atoms with Crippen LogP contribution in [0.4, 0.5) is 5.69 Å². The van der Waals surface area contributed by atoms with Crippen molar-refractivity contribution >= 4 is 35.0 Å². The second-order valence-electron chi connectivity index (χ2n) is 3.26. The van der Waals surface area contributed by atoms with E-state index in [4.69, 9.17) is 0 Å². The summed E-state index contributed by atoms with van der Waals surface area (Å²) in [5.74, 6) is -1.45. The predicted octanol–water partition coefficient (Wildman–Crippen LogP) is 2.04. The summed E-state index contributed by atoms with van der Waals surface area (Å²) in [4.78, 5) is 23.0. The van der Waals surface area contributed by atoms with E-state index < -0.39 is 11.6 Å². The topological polar surface area (TPSA) is 66.4 Å². The van der Waals surface area contributed by atoms with E-state index >= 15 is 0 Å². The number of hydrogen-bond donors (Lipinski definition) is 2. The number of rotatable bonds is 2. The standard InChI is InChI=1S/C11H9NO3S/c1-16-12-7-4-2-3-6-8(13)5-9(14)11(15)10(6)7/h2-5,12-13H,1H3. The van der Waals surface area contributed by atoms with Gasteiger partial charge in [-0.15, -0.1) is 0 Å². The molecule has 0 amide bonds. The minimum atomic E-state index is -0.694. The van der Waals surface area contributed by atoms with Gasteiger partial charge in [0.1, 0.15) is 5.76 Å². The average molecular weight is 235 g/mol. The number of benzene rings is 1. The number of aliphatic hydroxyl groups is 1. The maximum absolute atomic E-state index is 11.7. The van der Waals surface area contributed by atoms with E-state index in [1.165, 1.54) is 11.9 Å². The number of ketones is 2. The van der Waals surface area contributed by atoms with Gasteiger partial charge >= 0.3 is 0 Å². The van der Waals surface area contributed by atoms with Crippen molar-refractivity contribution in [1.29, 1.82) is 0 Å². The number of nitrogens with one attached hydrogen (secondary N) is 1. The first kappa shape index (κ1) is 10.8. The predicted molar refractivity (Wildman–Crippen MR) is 63.5 cm³/mol. The van der Waals surface area contributed by atoms with Gasteiger partial charge in [0.05, 0.1) is 11.3 Å². The molecule has 5 heteroatoms. The summed E-state index contributed by atoms with van der Waals surface area (Å²) in [6.45, 7) is 0. The number of anilines is 1. The summed E-state index contributed by atoms with van der Waals surface area (Å²) in [6, 6.07) is 5.01. The maximum atomic E-state index is 11.7. The van der Waals surface area contributed by atoms with Crippen LogP contribution in [0.15, 0.2) is 24.3 Å². The van der Waals surface area contributed by atoms with Crippen LogP contribution in [0.1, 0.15) is 15.9 Å². The summed E-state index contributed by atoms with van der Waals surface area (Å²) < 4.78 is 2.91. The Balaban J connectivity index is 2.65. The Morgan fingerprint density at radius 1 is 1.31 bits per heavy atom. The van der Waals surface area contributed by atoms with Crippen molar-refractivity contribution in [1.82, 2.24) is 0 Å². The third-order valence-electron chi connectivity index (χ3n) is 2.27. The highest BCUT2D eigenvalue weighted by atomic mass is 32.2. The number of aliphatic hydroxyl groups excluding tert-OH is 1. The molecule has 82 valence electrons. The Morgan fingerprint density at radius 2 is 2.06 bits per heavy atom. The molecule has 0 unspecified atom stereocenters. The molecule has 1 aliphatic carbocycles. The van der Waals surface area contributed by atoms with E-state index in [1.807, 2.05) is 6.26 Å². The van der Waals surface area contributed by atoms with E-state index in [2.05, 4.69) is 4.72 Å². The summed E-state index contributed by atoms with van der Waals surface area (Å²) in [6.07, 6.45) is 2.76. The Bertz CT molecular complexity index is 508. The highest BCUT2D eigenvalue weighted by Crippen LogP contribution is 2.30. The Kier molecular flexibility index (Phi) is 2.70. The monoisotopic (exact) mass is 235 g/mol. The largest absolute Gasteiger partial charge is 0.507 e. The molecule has 16 heavy (non-hydrogen) atoms. The van der Waals surface area contributed by atoms with Crippen molar-refractivity contribution in [2.75, 3.05) is 11.0 Å². The van der Waals surface area contributed by atoms with Crippen molar-refractivity contribution in [2.24, 2.45) is 0 Å². The van der Waals surface area contributed by atoms with Crippen LogP contribution in [0, 0.1) is 0 Å². The highest BCUT2D eigenvalue weighted by Gasteiger charge is 2.28. The van der Waals surface area contributed by atoms with Crippen LogP contribution in [-0.4, -0.2) is 22.9 Å². The molecule has 0 atom stereocenters. The molecule has 0 radical (unpaired) electrons. The smallest absolute Gasteiger partial charge is 0.235 e. The second kappa shape index (κ2) is 4.02. The number of fused-ring (bicyclic) bond motifs is 1. The fraction of sp³-hybridized carbons (Fsp3) is 0.0909. The molecule has 4 nitrogen and oxygen atoms in total. The molecule has 2 rings (SSSR count). The van der Waals surface area contributed by atoms with Gasteiger partial charge in [-0.1, -0.05) is 24.1 Å². The van der Waals surface area contributed by atoms with E-state index in [-0.39, 0.29) is 11.3 Å². The zero-order valence-corrected chi connectivity index (χ0v) is 9.30. The molecule has 0 saturated carbocycles. The number of carbonyl (C=O) groups is 2. The molecule has 1 aromatic rings. The van der Waals surface area contributed by atoms with Gasteiger partial charge in [0, 0.05) is 17.9 Å². The Hall–Kier alpha value is -1.75. The van der Waals surface area contributed by atoms with Gasteiger partial charge < -0.3 is 9.83 Å². The van der Waals surface area contributed by atoms with Crippen LogP contribution in [0.25, 0.3) is 5.76 Å². The van der Waals surface area contributed by atoms with Crippen LogP contribution >= 0.6 is 11.9 Å². The van der Waals surface area contributed by atoms with Crippen molar-refractivity contribution < 1.29 is 14.7 Å². The molecule has 0 heterocycles. The molecule has 0 bridgehead atoms. The highest BCUT2D eigenvalue weighted by molar-refractivity contribution is 7.99. The van der Waals surface area contributed by atoms with Gasteiger partial charge in [0.15, 0.2) is 0 Å². The number of allylic oxidation sites excluding steroid dienone is 1. The van der Waals surface area contributed by atoms with Crippen LogP contribution in [0.3, 0.4) is 0 Å². The lowest BCUT2D eigenvalue weighted by Crippen LogP contribution is -2.20. The van der Waals surface area contributed by atoms with E-state index in [9.17, 15) is 14.7 Å². The third kappa shape index (κ3) is 1.59. The van der Waals surface area contributed by atoms with Crippen LogP contribution in [0.2, 0.25) is 0 Å². The lowest BCUT2D eigenvalue weighted by molar-refractivity contribution is -0.111. The fourth-order valence-electron chi connectivity index (χ4n) is 1.60. The van der Waals surface area contributed by atoms with Crippen molar-refractivity contribution in [3.63, 3.8) is 0 Å². The third-order valence-corrected chi connectivity index (χ3v) is 2.70. The van der Waals surface area contributed by atoms with Crippen LogP contribution in [0.5, 0.6) is 0 Å². The fourth-order valence-corrected chi connectivity index (χ4v) is 1.99. The van der Waals surface area contributed by atoms with Gasteiger partial charge in [-0.3, -0.25) is 9.59 Å². The summed E-state index contributed by atoms with van der Waals surface area (Å²) in [7, 11) is 0. The molecule has 0 fully saturated rings. The maximum Gasteiger partial charge on any atom is 0.235 e. The van der Waals surface area contributed by atoms with Crippen molar-refractivity contribution in [3.8, 4) is 0 Å². The second-order valence-corrected chi connectivity index (χ2v) is 3.87. The molecule has 1 aliphatic rings. The number of Topliss-reactive ketones (excluding diaryl/α,β-unsaturated/α-hetero) is 1. The summed E-state index contributed by atoms with van der Waals surface area (Å²) in [5.41, 5.74) is 1.17. The minimum absolute atomic E-state index is 0.163. The molecule has 0 spiro atoms. The number of hydrogen-bond acceptors (Lipinski definition) is 5. The Labute approximate surface area is 96.5 Å². The lowest BCUT2D eigenvalue weighted by atomic mass is 9.92. The van der Waals surface area contributed by atoms with Gasteiger partial charge in [0.25, 0.3) is 0 Å². The van der Waals surface area contributed by atoms with Crippen LogP contribution in [-0.2, 0) is 4.79 Å². The van der Waals surface area contributed by atoms with Gasteiger partial charge in [-0.05, 0) is 6.07 Å². The lowest BCUT2D eigenvalue weighted by Gasteiger charge is -2.15. The molecule has 0 aromatic heterocycles. The first-order chi connectivity index (χ1) is 7.65. The molecule has 1 aromatic carbocycles. The van der Waals surface area contributed by atoms with Crippen molar-refractivity contribution in [2.45, 2.75) is 0 Å². The van der Waals surface area contributed by atoms with E-state index in [0.717, 1.165) is 6.08 Å².